The fraction of sp³-hybridized carbons (Fsp3) is 0.269. The third kappa shape index (κ3) is 3.22. The molecule has 0 radical (unpaired) electrons. The minimum atomic E-state index is -0.137. The lowest BCUT2D eigenvalue weighted by molar-refractivity contribution is 0.0984. The summed E-state index contributed by atoms with van der Waals surface area (Å²) in [6.45, 7) is 0.508. The Labute approximate surface area is 202 Å². The SMILES string of the molecule is CNc1cc2c(c3ccccc13)[C@H](CCl)CN2C(=O)c1cc2cc(OC)c(OC)c(OC)c2[nH]1. The number of anilines is 2. The average molecular weight is 480 g/mol. The summed E-state index contributed by atoms with van der Waals surface area (Å²) >= 11 is 6.39. The van der Waals surface area contributed by atoms with Gasteiger partial charge >= 0.3 is 0 Å². The molecule has 0 spiro atoms. The van der Waals surface area contributed by atoms with Gasteiger partial charge in [-0.1, -0.05) is 24.3 Å². The first kappa shape index (κ1) is 22.2. The first-order valence-electron chi connectivity index (χ1n) is 11.0. The number of benzene rings is 3. The maximum Gasteiger partial charge on any atom is 0.274 e. The van der Waals surface area contributed by atoms with Gasteiger partial charge in [-0.05, 0) is 29.1 Å². The number of nitrogens with zero attached hydrogens (tertiary/aromatic N) is 1. The van der Waals surface area contributed by atoms with Gasteiger partial charge in [-0.3, -0.25) is 4.79 Å². The molecule has 2 N–H and O–H groups in total. The van der Waals surface area contributed by atoms with E-state index >= 15 is 0 Å². The van der Waals surface area contributed by atoms with Crippen LogP contribution in [0.3, 0.4) is 0 Å². The summed E-state index contributed by atoms with van der Waals surface area (Å²) in [6, 6.07) is 13.9. The highest BCUT2D eigenvalue weighted by Gasteiger charge is 2.35. The summed E-state index contributed by atoms with van der Waals surface area (Å²) in [5.74, 6) is 1.81. The van der Waals surface area contributed by atoms with E-state index in [1.165, 1.54) is 0 Å². The minimum Gasteiger partial charge on any atom is -0.493 e. The first-order chi connectivity index (χ1) is 16.6. The molecule has 4 aromatic rings. The van der Waals surface area contributed by atoms with Crippen LogP contribution in [0.25, 0.3) is 21.7 Å². The molecule has 1 aliphatic rings. The van der Waals surface area contributed by atoms with Gasteiger partial charge in [-0.2, -0.15) is 0 Å². The molecular weight excluding hydrogens is 454 g/mol. The second-order valence-corrected chi connectivity index (χ2v) is 8.52. The third-order valence-corrected chi connectivity index (χ3v) is 6.89. The lowest BCUT2D eigenvalue weighted by Gasteiger charge is -2.18. The molecule has 0 saturated carbocycles. The highest BCUT2D eigenvalue weighted by atomic mass is 35.5. The van der Waals surface area contributed by atoms with Crippen molar-refractivity contribution in [2.24, 2.45) is 0 Å². The summed E-state index contributed by atoms with van der Waals surface area (Å²) in [4.78, 5) is 18.9. The number of carbonyl (C=O) groups is 1. The van der Waals surface area contributed by atoms with Crippen LogP contribution in [0.2, 0.25) is 0 Å². The van der Waals surface area contributed by atoms with E-state index in [0.717, 1.165) is 33.1 Å². The Bertz CT molecular complexity index is 1410. The van der Waals surface area contributed by atoms with E-state index in [2.05, 4.69) is 22.4 Å². The molecule has 1 atom stereocenters. The maximum absolute atomic E-state index is 13.8. The molecule has 5 rings (SSSR count). The molecule has 176 valence electrons. The number of rotatable bonds is 6. The molecule has 1 aliphatic heterocycles. The number of aromatic amines is 1. The van der Waals surface area contributed by atoms with E-state index in [-0.39, 0.29) is 11.8 Å². The zero-order valence-electron chi connectivity index (χ0n) is 19.5. The number of amides is 1. The van der Waals surface area contributed by atoms with Crippen molar-refractivity contribution >= 4 is 50.6 Å². The third-order valence-electron chi connectivity index (χ3n) is 6.52. The molecule has 0 unspecified atom stereocenters. The monoisotopic (exact) mass is 479 g/mol. The Hall–Kier alpha value is -3.58. The molecule has 7 nitrogen and oxygen atoms in total. The highest BCUT2D eigenvalue weighted by Crippen LogP contribution is 2.46. The highest BCUT2D eigenvalue weighted by molar-refractivity contribution is 6.19. The number of H-pyrrole nitrogens is 1. The van der Waals surface area contributed by atoms with Gasteiger partial charge in [0.1, 0.15) is 5.69 Å². The zero-order chi connectivity index (χ0) is 24.0. The number of alkyl halides is 1. The fourth-order valence-electron chi connectivity index (χ4n) is 4.98. The summed E-state index contributed by atoms with van der Waals surface area (Å²) in [6.07, 6.45) is 0. The van der Waals surface area contributed by atoms with Gasteiger partial charge in [0.2, 0.25) is 5.75 Å². The van der Waals surface area contributed by atoms with Gasteiger partial charge in [-0.25, -0.2) is 0 Å². The van der Waals surface area contributed by atoms with Crippen molar-refractivity contribution in [3.05, 3.63) is 53.7 Å². The van der Waals surface area contributed by atoms with Crippen molar-refractivity contribution < 1.29 is 19.0 Å². The van der Waals surface area contributed by atoms with E-state index in [1.807, 2.05) is 37.4 Å². The summed E-state index contributed by atoms with van der Waals surface area (Å²) in [5.41, 5.74) is 4.07. The molecule has 2 heterocycles. The van der Waals surface area contributed by atoms with Gasteiger partial charge < -0.3 is 29.4 Å². The van der Waals surface area contributed by atoms with Crippen LogP contribution in [0.15, 0.2) is 42.5 Å². The van der Waals surface area contributed by atoms with Crippen LogP contribution in [-0.4, -0.2) is 51.7 Å². The van der Waals surface area contributed by atoms with E-state index in [9.17, 15) is 4.79 Å². The molecule has 0 aliphatic carbocycles. The Balaban J connectivity index is 1.65. The number of methoxy groups -OCH3 is 3. The van der Waals surface area contributed by atoms with Crippen molar-refractivity contribution in [3.63, 3.8) is 0 Å². The lowest BCUT2D eigenvalue weighted by atomic mass is 9.95. The van der Waals surface area contributed by atoms with Crippen LogP contribution in [0.1, 0.15) is 22.0 Å². The normalized spacial score (nSPS) is 15.0. The van der Waals surface area contributed by atoms with E-state index in [0.29, 0.717) is 40.9 Å². The Morgan fingerprint density at radius 1 is 1.09 bits per heavy atom. The van der Waals surface area contributed by atoms with Crippen molar-refractivity contribution in [2.75, 3.05) is 51.0 Å². The predicted molar refractivity (Wildman–Crippen MR) is 137 cm³/mol. The number of hydrogen-bond acceptors (Lipinski definition) is 5. The molecule has 1 aromatic heterocycles. The van der Waals surface area contributed by atoms with Crippen molar-refractivity contribution in [1.29, 1.82) is 0 Å². The predicted octanol–water partition coefficient (Wildman–Crippen LogP) is 5.37. The van der Waals surface area contributed by atoms with Crippen LogP contribution in [0.5, 0.6) is 17.2 Å². The first-order valence-corrected chi connectivity index (χ1v) is 11.5. The average Bonchev–Trinajstić information content (AvgIpc) is 3.47. The second-order valence-electron chi connectivity index (χ2n) is 8.21. The molecule has 0 bridgehead atoms. The lowest BCUT2D eigenvalue weighted by Crippen LogP contribution is -2.30. The van der Waals surface area contributed by atoms with Crippen LogP contribution in [-0.2, 0) is 0 Å². The summed E-state index contributed by atoms with van der Waals surface area (Å²) in [5, 5.41) is 6.29. The van der Waals surface area contributed by atoms with Gasteiger partial charge in [0.25, 0.3) is 5.91 Å². The van der Waals surface area contributed by atoms with Crippen molar-refractivity contribution in [3.8, 4) is 17.2 Å². The number of halogens is 1. The number of fused-ring (bicyclic) bond motifs is 4. The van der Waals surface area contributed by atoms with E-state index in [1.54, 1.807) is 26.2 Å². The zero-order valence-corrected chi connectivity index (χ0v) is 20.2. The van der Waals surface area contributed by atoms with Gasteiger partial charge in [0.05, 0.1) is 32.5 Å². The fourth-order valence-corrected chi connectivity index (χ4v) is 5.23. The molecule has 34 heavy (non-hydrogen) atoms. The minimum absolute atomic E-state index is 0.0375. The van der Waals surface area contributed by atoms with Crippen molar-refractivity contribution in [2.45, 2.75) is 5.92 Å². The summed E-state index contributed by atoms with van der Waals surface area (Å²) < 4.78 is 16.5. The number of ether oxygens (including phenoxy) is 3. The number of aromatic nitrogens is 1. The molecular formula is C26H26ClN3O4. The van der Waals surface area contributed by atoms with Gasteiger partial charge in [-0.15, -0.1) is 11.6 Å². The number of hydrogen-bond donors (Lipinski definition) is 2. The number of nitrogens with one attached hydrogen (secondary N) is 2. The molecule has 8 heteroatoms. The van der Waals surface area contributed by atoms with Crippen LogP contribution >= 0.6 is 11.6 Å². The van der Waals surface area contributed by atoms with Gasteiger partial charge in [0.15, 0.2) is 11.5 Å². The Morgan fingerprint density at radius 2 is 1.82 bits per heavy atom. The summed E-state index contributed by atoms with van der Waals surface area (Å²) in [7, 11) is 6.57. The van der Waals surface area contributed by atoms with E-state index < -0.39 is 0 Å². The smallest absolute Gasteiger partial charge is 0.274 e. The molecule has 0 fully saturated rings. The van der Waals surface area contributed by atoms with Crippen molar-refractivity contribution in [1.82, 2.24) is 4.98 Å². The second kappa shape index (κ2) is 8.65. The quantitative estimate of drug-likeness (QED) is 0.363. The molecule has 0 saturated heterocycles. The van der Waals surface area contributed by atoms with Crippen LogP contribution < -0.4 is 24.4 Å². The number of carbonyl (C=O) groups excluding carboxylic acids is 1. The Kier molecular flexibility index (Phi) is 5.65. The van der Waals surface area contributed by atoms with Crippen LogP contribution in [0, 0.1) is 0 Å². The Morgan fingerprint density at radius 3 is 2.47 bits per heavy atom. The van der Waals surface area contributed by atoms with Gasteiger partial charge in [0, 0.05) is 41.9 Å². The topological polar surface area (TPSA) is 75.8 Å². The molecule has 1 amide bonds. The van der Waals surface area contributed by atoms with Crippen LogP contribution in [0.4, 0.5) is 11.4 Å². The largest absolute Gasteiger partial charge is 0.493 e. The standard InChI is InChI=1S/C26H26ClN3O4/c1-28-18-11-20-22(17-8-6-5-7-16(17)18)15(12-27)13-30(20)26(31)19-9-14-10-21(32-2)24(33-3)25(34-4)23(14)29-19/h5-11,15,28-29H,12-13H2,1-4H3/t15-/m1/s1. The molecule has 3 aromatic carbocycles. The maximum atomic E-state index is 13.8. The van der Waals surface area contributed by atoms with E-state index in [4.69, 9.17) is 25.8 Å².